The molecule has 172 valence electrons. The maximum absolute atomic E-state index is 12.8. The Bertz CT molecular complexity index is 1370. The Morgan fingerprint density at radius 3 is 2.62 bits per heavy atom. The summed E-state index contributed by atoms with van der Waals surface area (Å²) in [6.45, 7) is 5.32. The molecule has 0 bridgehead atoms. The first-order valence-electron chi connectivity index (χ1n) is 11.2. The predicted octanol–water partition coefficient (Wildman–Crippen LogP) is 4.21. The van der Waals surface area contributed by atoms with Crippen LogP contribution in [0.3, 0.4) is 0 Å². The molecule has 0 unspecified atom stereocenters. The molecule has 0 radical (unpaired) electrons. The molecule has 4 aromatic rings. The van der Waals surface area contributed by atoms with Crippen LogP contribution in [0.5, 0.6) is 0 Å². The Morgan fingerprint density at radius 1 is 1.12 bits per heavy atom. The second-order valence-electron chi connectivity index (χ2n) is 7.97. The zero-order valence-electron chi connectivity index (χ0n) is 18.9. The first-order chi connectivity index (χ1) is 16.6. The summed E-state index contributed by atoms with van der Waals surface area (Å²) in [5, 5.41) is 12.8. The van der Waals surface area contributed by atoms with Crippen molar-refractivity contribution in [3.8, 4) is 22.6 Å². The topological polar surface area (TPSA) is 93.0 Å². The SMILES string of the molecule is CCn1c(S[C@H](C)C(=O)N2CCNC2=O)nnc1-c1cc(-c2ccccc2)nc2ccccc12. The minimum Gasteiger partial charge on any atom is -0.336 e. The lowest BCUT2D eigenvalue weighted by molar-refractivity contribution is -0.126. The number of fused-ring (bicyclic) bond motifs is 1. The summed E-state index contributed by atoms with van der Waals surface area (Å²) < 4.78 is 2.01. The van der Waals surface area contributed by atoms with E-state index in [1.807, 2.05) is 72.2 Å². The molecule has 3 amide bonds. The number of rotatable bonds is 6. The fourth-order valence-electron chi connectivity index (χ4n) is 4.09. The molecular weight excluding hydrogens is 448 g/mol. The van der Waals surface area contributed by atoms with Gasteiger partial charge < -0.3 is 9.88 Å². The van der Waals surface area contributed by atoms with E-state index in [1.54, 1.807) is 6.92 Å². The lowest BCUT2D eigenvalue weighted by Crippen LogP contribution is -2.39. The minimum atomic E-state index is -0.472. The van der Waals surface area contributed by atoms with Crippen LogP contribution in [0.25, 0.3) is 33.5 Å². The van der Waals surface area contributed by atoms with E-state index in [-0.39, 0.29) is 11.9 Å². The number of nitrogens with zero attached hydrogens (tertiary/aromatic N) is 5. The molecule has 1 fully saturated rings. The first-order valence-corrected chi connectivity index (χ1v) is 12.1. The summed E-state index contributed by atoms with van der Waals surface area (Å²) in [4.78, 5) is 30.8. The normalized spacial score (nSPS) is 14.4. The molecule has 3 heterocycles. The van der Waals surface area contributed by atoms with Crippen molar-refractivity contribution < 1.29 is 9.59 Å². The van der Waals surface area contributed by atoms with Crippen molar-refractivity contribution in [3.05, 3.63) is 60.7 Å². The van der Waals surface area contributed by atoms with Crippen LogP contribution in [0.2, 0.25) is 0 Å². The highest BCUT2D eigenvalue weighted by molar-refractivity contribution is 8.00. The van der Waals surface area contributed by atoms with Gasteiger partial charge in [0.1, 0.15) is 0 Å². The van der Waals surface area contributed by atoms with Gasteiger partial charge in [-0.1, -0.05) is 60.3 Å². The van der Waals surface area contributed by atoms with Gasteiger partial charge in [0.25, 0.3) is 0 Å². The van der Waals surface area contributed by atoms with Crippen LogP contribution >= 0.6 is 11.8 Å². The van der Waals surface area contributed by atoms with E-state index in [0.29, 0.717) is 24.8 Å². The number of aromatic nitrogens is 4. The van der Waals surface area contributed by atoms with E-state index in [0.717, 1.165) is 33.5 Å². The number of pyridine rings is 1. The summed E-state index contributed by atoms with van der Waals surface area (Å²) in [6, 6.07) is 19.7. The van der Waals surface area contributed by atoms with E-state index >= 15 is 0 Å². The Hall–Kier alpha value is -3.72. The largest absolute Gasteiger partial charge is 0.336 e. The fraction of sp³-hybridized carbons (Fsp3) is 0.240. The Balaban J connectivity index is 1.54. The van der Waals surface area contributed by atoms with E-state index in [1.165, 1.54) is 16.7 Å². The average molecular weight is 473 g/mol. The molecule has 1 aliphatic rings. The van der Waals surface area contributed by atoms with Crippen molar-refractivity contribution in [1.82, 2.24) is 30.0 Å². The molecule has 2 aromatic carbocycles. The van der Waals surface area contributed by atoms with Gasteiger partial charge in [-0.15, -0.1) is 10.2 Å². The van der Waals surface area contributed by atoms with Gasteiger partial charge in [0.05, 0.1) is 16.5 Å². The number of amides is 3. The molecule has 0 saturated carbocycles. The number of para-hydroxylation sites is 1. The fourth-order valence-corrected chi connectivity index (χ4v) is 5.06. The quantitative estimate of drug-likeness (QED) is 0.423. The van der Waals surface area contributed by atoms with Gasteiger partial charge in [-0.25, -0.2) is 9.78 Å². The van der Waals surface area contributed by atoms with Crippen LogP contribution in [-0.2, 0) is 11.3 Å². The number of urea groups is 1. The van der Waals surface area contributed by atoms with Gasteiger partial charge >= 0.3 is 6.03 Å². The van der Waals surface area contributed by atoms with Gasteiger partial charge in [0.2, 0.25) is 5.91 Å². The molecule has 0 spiro atoms. The van der Waals surface area contributed by atoms with Crippen molar-refractivity contribution in [1.29, 1.82) is 0 Å². The molecule has 8 nitrogen and oxygen atoms in total. The summed E-state index contributed by atoms with van der Waals surface area (Å²) in [5.74, 6) is 0.493. The third kappa shape index (κ3) is 4.03. The molecule has 1 atom stereocenters. The van der Waals surface area contributed by atoms with Crippen LogP contribution in [0.15, 0.2) is 65.8 Å². The number of hydrogen-bond acceptors (Lipinski definition) is 6. The molecule has 1 aliphatic heterocycles. The van der Waals surface area contributed by atoms with Crippen molar-refractivity contribution >= 4 is 34.6 Å². The Morgan fingerprint density at radius 2 is 1.88 bits per heavy atom. The molecule has 9 heteroatoms. The van der Waals surface area contributed by atoms with Crippen LogP contribution in [0.4, 0.5) is 4.79 Å². The van der Waals surface area contributed by atoms with Gasteiger partial charge in [-0.2, -0.15) is 0 Å². The van der Waals surface area contributed by atoms with Crippen molar-refractivity contribution in [2.24, 2.45) is 0 Å². The Kier molecular flexibility index (Phi) is 6.02. The summed E-state index contributed by atoms with van der Waals surface area (Å²) >= 11 is 1.32. The smallest absolute Gasteiger partial charge is 0.324 e. The molecule has 1 saturated heterocycles. The lowest BCUT2D eigenvalue weighted by Gasteiger charge is -2.17. The monoisotopic (exact) mass is 472 g/mol. The van der Waals surface area contributed by atoms with E-state index in [9.17, 15) is 9.59 Å². The standard InChI is InChI=1S/C25H24N6O2S/c1-3-30-22(28-29-25(30)34-16(2)23(32)31-14-13-26-24(31)33)19-15-21(17-9-5-4-6-10-17)27-20-12-8-7-11-18(19)20/h4-12,15-16H,3,13-14H2,1-2H3,(H,26,33)/t16-/m1/s1. The maximum Gasteiger partial charge on any atom is 0.324 e. The summed E-state index contributed by atoms with van der Waals surface area (Å²) in [7, 11) is 0. The number of thioether (sulfide) groups is 1. The van der Waals surface area contributed by atoms with Crippen LogP contribution in [-0.4, -0.2) is 54.9 Å². The van der Waals surface area contributed by atoms with E-state index in [4.69, 9.17) is 4.98 Å². The zero-order chi connectivity index (χ0) is 23.7. The molecule has 1 N–H and O–H groups in total. The van der Waals surface area contributed by atoms with Crippen LogP contribution in [0, 0.1) is 0 Å². The van der Waals surface area contributed by atoms with Crippen LogP contribution in [0.1, 0.15) is 13.8 Å². The number of benzene rings is 2. The number of carbonyl (C=O) groups is 2. The Labute approximate surface area is 201 Å². The first kappa shape index (κ1) is 22.1. The highest BCUT2D eigenvalue weighted by Crippen LogP contribution is 2.34. The molecular formula is C25H24N6O2S. The van der Waals surface area contributed by atoms with Gasteiger partial charge in [-0.05, 0) is 26.0 Å². The highest BCUT2D eigenvalue weighted by Gasteiger charge is 2.31. The van der Waals surface area contributed by atoms with E-state index in [2.05, 4.69) is 15.5 Å². The number of hydrogen-bond donors (Lipinski definition) is 1. The second-order valence-corrected chi connectivity index (χ2v) is 9.28. The van der Waals surface area contributed by atoms with Gasteiger partial charge in [0.15, 0.2) is 11.0 Å². The van der Waals surface area contributed by atoms with Crippen molar-refractivity contribution in [2.45, 2.75) is 30.8 Å². The minimum absolute atomic E-state index is 0.229. The third-order valence-electron chi connectivity index (χ3n) is 5.81. The zero-order valence-corrected chi connectivity index (χ0v) is 19.7. The second kappa shape index (κ2) is 9.26. The molecule has 2 aromatic heterocycles. The van der Waals surface area contributed by atoms with E-state index < -0.39 is 5.25 Å². The lowest BCUT2D eigenvalue weighted by atomic mass is 10.0. The van der Waals surface area contributed by atoms with Gasteiger partial charge in [-0.3, -0.25) is 9.69 Å². The van der Waals surface area contributed by atoms with Gasteiger partial charge in [0, 0.05) is 36.1 Å². The average Bonchev–Trinajstić information content (AvgIpc) is 3.48. The third-order valence-corrected chi connectivity index (χ3v) is 6.88. The maximum atomic E-state index is 12.8. The van der Waals surface area contributed by atoms with Crippen molar-refractivity contribution in [3.63, 3.8) is 0 Å². The number of imide groups is 1. The number of carbonyl (C=O) groups excluding carboxylic acids is 2. The summed E-state index contributed by atoms with van der Waals surface area (Å²) in [5.41, 5.74) is 3.69. The number of nitrogens with one attached hydrogen (secondary N) is 1. The predicted molar refractivity (Wildman–Crippen MR) is 132 cm³/mol. The molecule has 34 heavy (non-hydrogen) atoms. The summed E-state index contributed by atoms with van der Waals surface area (Å²) in [6.07, 6.45) is 0. The van der Waals surface area contributed by atoms with Crippen LogP contribution < -0.4 is 5.32 Å². The van der Waals surface area contributed by atoms with Crippen molar-refractivity contribution in [2.75, 3.05) is 13.1 Å². The molecule has 5 rings (SSSR count). The molecule has 0 aliphatic carbocycles. The highest BCUT2D eigenvalue weighted by atomic mass is 32.2.